The van der Waals surface area contributed by atoms with Gasteiger partial charge < -0.3 is 34.5 Å². The molecule has 9 heteroatoms. The van der Waals surface area contributed by atoms with E-state index >= 15 is 0 Å². The SMILES string of the molecule is COCCCN1C(=O)C2(CC2)Oc2ccc(CO[C@@H]3CCC(CC(C)(C)C(=O)NCC4CCOCC4)NC3)cc21. The Balaban J connectivity index is 1.08. The summed E-state index contributed by atoms with van der Waals surface area (Å²) in [5.74, 6) is 1.51. The molecule has 4 aliphatic rings. The van der Waals surface area contributed by atoms with Crippen LogP contribution in [0.15, 0.2) is 18.2 Å². The number of anilines is 1. The molecule has 40 heavy (non-hydrogen) atoms. The summed E-state index contributed by atoms with van der Waals surface area (Å²) >= 11 is 0. The molecule has 5 rings (SSSR count). The molecule has 1 aromatic carbocycles. The van der Waals surface area contributed by atoms with Crippen molar-refractivity contribution in [1.82, 2.24) is 10.6 Å². The normalized spacial score (nSPS) is 24.5. The fourth-order valence-electron chi connectivity index (χ4n) is 6.13. The minimum absolute atomic E-state index is 0.0666. The number of carbonyl (C=O) groups is 2. The summed E-state index contributed by atoms with van der Waals surface area (Å²) in [4.78, 5) is 28.0. The number of methoxy groups -OCH3 is 1. The average molecular weight is 558 g/mol. The van der Waals surface area contributed by atoms with E-state index in [0.29, 0.717) is 31.7 Å². The zero-order chi connectivity index (χ0) is 28.2. The number of piperidine rings is 1. The third-order valence-corrected chi connectivity index (χ3v) is 8.91. The van der Waals surface area contributed by atoms with Gasteiger partial charge in [0.2, 0.25) is 5.91 Å². The molecule has 2 saturated heterocycles. The highest BCUT2D eigenvalue weighted by molar-refractivity contribution is 6.04. The van der Waals surface area contributed by atoms with E-state index in [1.165, 1.54) is 0 Å². The second-order valence-electron chi connectivity index (χ2n) is 12.7. The van der Waals surface area contributed by atoms with Crippen LogP contribution in [0.4, 0.5) is 5.69 Å². The van der Waals surface area contributed by atoms with E-state index in [1.807, 2.05) is 36.9 Å². The molecular formula is C31H47N3O6. The van der Waals surface area contributed by atoms with Crippen LogP contribution in [0.1, 0.15) is 70.8 Å². The molecule has 3 heterocycles. The van der Waals surface area contributed by atoms with Gasteiger partial charge >= 0.3 is 0 Å². The van der Waals surface area contributed by atoms with Crippen molar-refractivity contribution in [2.24, 2.45) is 11.3 Å². The van der Waals surface area contributed by atoms with Crippen molar-refractivity contribution in [2.75, 3.05) is 51.5 Å². The molecule has 1 spiro atoms. The van der Waals surface area contributed by atoms with Crippen LogP contribution in [-0.2, 0) is 30.4 Å². The first kappa shape index (κ1) is 29.3. The van der Waals surface area contributed by atoms with Gasteiger partial charge in [-0.1, -0.05) is 19.9 Å². The predicted octanol–water partition coefficient (Wildman–Crippen LogP) is 3.58. The number of amides is 2. The van der Waals surface area contributed by atoms with E-state index in [2.05, 4.69) is 10.6 Å². The number of rotatable bonds is 12. The van der Waals surface area contributed by atoms with Crippen LogP contribution in [0.2, 0.25) is 0 Å². The first-order chi connectivity index (χ1) is 19.3. The fourth-order valence-corrected chi connectivity index (χ4v) is 6.13. The second kappa shape index (κ2) is 12.8. The lowest BCUT2D eigenvalue weighted by Crippen LogP contribution is -2.48. The van der Waals surface area contributed by atoms with E-state index in [9.17, 15) is 9.59 Å². The Morgan fingerprint density at radius 3 is 2.70 bits per heavy atom. The minimum Gasteiger partial charge on any atom is -0.475 e. The molecule has 1 unspecified atom stereocenters. The maximum atomic E-state index is 13.2. The Hall–Kier alpha value is -2.20. The summed E-state index contributed by atoms with van der Waals surface area (Å²) in [6.07, 6.45) is 7.24. The number of carbonyl (C=O) groups excluding carboxylic acids is 2. The fraction of sp³-hybridized carbons (Fsp3) is 0.742. The Kier molecular flexibility index (Phi) is 9.35. The zero-order valence-electron chi connectivity index (χ0n) is 24.5. The molecule has 3 fully saturated rings. The van der Waals surface area contributed by atoms with Gasteiger partial charge in [0.05, 0.1) is 18.4 Å². The van der Waals surface area contributed by atoms with E-state index < -0.39 is 11.0 Å². The number of nitrogens with zero attached hydrogens (tertiary/aromatic N) is 1. The van der Waals surface area contributed by atoms with Gasteiger partial charge in [0.25, 0.3) is 5.91 Å². The van der Waals surface area contributed by atoms with Crippen molar-refractivity contribution >= 4 is 17.5 Å². The van der Waals surface area contributed by atoms with Crippen molar-refractivity contribution in [3.05, 3.63) is 23.8 Å². The second-order valence-corrected chi connectivity index (χ2v) is 12.7. The van der Waals surface area contributed by atoms with Crippen LogP contribution in [-0.4, -0.2) is 76.1 Å². The molecule has 3 aliphatic heterocycles. The quantitative estimate of drug-likeness (QED) is 0.379. The van der Waals surface area contributed by atoms with Crippen LogP contribution in [0.5, 0.6) is 5.75 Å². The number of fused-ring (bicyclic) bond motifs is 1. The molecule has 2 atom stereocenters. The molecule has 0 radical (unpaired) electrons. The van der Waals surface area contributed by atoms with Gasteiger partial charge in [-0.05, 0) is 62.1 Å². The highest BCUT2D eigenvalue weighted by atomic mass is 16.5. The van der Waals surface area contributed by atoms with Crippen molar-refractivity contribution in [1.29, 1.82) is 0 Å². The number of nitrogens with one attached hydrogen (secondary N) is 2. The Bertz CT molecular complexity index is 1030. The Morgan fingerprint density at radius 2 is 2.00 bits per heavy atom. The summed E-state index contributed by atoms with van der Waals surface area (Å²) in [5, 5.41) is 6.82. The lowest BCUT2D eigenvalue weighted by Gasteiger charge is -2.36. The van der Waals surface area contributed by atoms with Crippen molar-refractivity contribution in [2.45, 2.75) is 89.6 Å². The van der Waals surface area contributed by atoms with E-state index in [0.717, 1.165) is 94.7 Å². The lowest BCUT2D eigenvalue weighted by atomic mass is 9.82. The van der Waals surface area contributed by atoms with Crippen LogP contribution in [0.25, 0.3) is 0 Å². The first-order valence-corrected chi connectivity index (χ1v) is 15.1. The van der Waals surface area contributed by atoms with Gasteiger partial charge in [0.15, 0.2) is 5.60 Å². The van der Waals surface area contributed by atoms with Crippen LogP contribution >= 0.6 is 0 Å². The monoisotopic (exact) mass is 557 g/mol. The molecule has 0 aromatic heterocycles. The summed E-state index contributed by atoms with van der Waals surface area (Å²) in [6.45, 7) is 8.92. The zero-order valence-corrected chi connectivity index (χ0v) is 24.5. The molecule has 2 N–H and O–H groups in total. The van der Waals surface area contributed by atoms with Gasteiger partial charge in [0.1, 0.15) is 5.75 Å². The standard InChI is InChI=1S/C31H47N3O6/c1-30(2,28(35)33-19-22-9-15-38-16-10-22)18-24-6-7-25(20-32-24)39-21-23-5-8-27-26(17-23)34(13-4-14-37-3)29(36)31(40-27)11-12-31/h5,8,17,22,24-25,32H,4,6-7,9-16,18-21H2,1-3H3,(H,33,35)/t24?,25-/m1/s1. The highest BCUT2D eigenvalue weighted by Crippen LogP contribution is 2.49. The third-order valence-electron chi connectivity index (χ3n) is 8.91. The molecule has 2 amide bonds. The van der Waals surface area contributed by atoms with Gasteiger partial charge in [-0.25, -0.2) is 0 Å². The van der Waals surface area contributed by atoms with Crippen molar-refractivity contribution < 1.29 is 28.5 Å². The topological polar surface area (TPSA) is 98.4 Å². The third kappa shape index (κ3) is 6.98. The predicted molar refractivity (Wildman–Crippen MR) is 152 cm³/mol. The summed E-state index contributed by atoms with van der Waals surface area (Å²) in [7, 11) is 1.68. The maximum Gasteiger partial charge on any atom is 0.271 e. The van der Waals surface area contributed by atoms with E-state index in [-0.39, 0.29) is 17.9 Å². The number of hydrogen-bond donors (Lipinski definition) is 2. The summed E-state index contributed by atoms with van der Waals surface area (Å²) < 4.78 is 23.1. The Labute approximate surface area is 238 Å². The summed E-state index contributed by atoms with van der Waals surface area (Å²) in [5.41, 5.74) is 0.789. The smallest absolute Gasteiger partial charge is 0.271 e. The first-order valence-electron chi connectivity index (χ1n) is 15.1. The minimum atomic E-state index is -0.650. The van der Waals surface area contributed by atoms with Gasteiger partial charge in [-0.3, -0.25) is 9.59 Å². The number of benzene rings is 1. The van der Waals surface area contributed by atoms with E-state index in [1.54, 1.807) is 7.11 Å². The number of hydrogen-bond acceptors (Lipinski definition) is 7. The van der Waals surface area contributed by atoms with Gasteiger partial charge in [0, 0.05) is 70.9 Å². The van der Waals surface area contributed by atoms with Crippen LogP contribution < -0.4 is 20.3 Å². The van der Waals surface area contributed by atoms with Gasteiger partial charge in [-0.2, -0.15) is 0 Å². The van der Waals surface area contributed by atoms with Gasteiger partial charge in [-0.15, -0.1) is 0 Å². The molecule has 1 aliphatic carbocycles. The van der Waals surface area contributed by atoms with Crippen molar-refractivity contribution in [3.8, 4) is 5.75 Å². The molecular weight excluding hydrogens is 510 g/mol. The summed E-state index contributed by atoms with van der Waals surface area (Å²) in [6, 6.07) is 6.36. The largest absolute Gasteiger partial charge is 0.475 e. The Morgan fingerprint density at radius 1 is 1.20 bits per heavy atom. The van der Waals surface area contributed by atoms with Crippen molar-refractivity contribution in [3.63, 3.8) is 0 Å². The average Bonchev–Trinajstić information content (AvgIpc) is 3.74. The molecule has 1 aromatic rings. The van der Waals surface area contributed by atoms with Crippen LogP contribution in [0.3, 0.4) is 0 Å². The maximum absolute atomic E-state index is 13.2. The molecule has 1 saturated carbocycles. The highest BCUT2D eigenvalue weighted by Gasteiger charge is 2.57. The molecule has 0 bridgehead atoms. The molecule has 9 nitrogen and oxygen atoms in total. The lowest BCUT2D eigenvalue weighted by molar-refractivity contribution is -0.130. The van der Waals surface area contributed by atoms with E-state index in [4.69, 9.17) is 18.9 Å². The number of ether oxygens (including phenoxy) is 4. The molecule has 222 valence electrons. The van der Waals surface area contributed by atoms with Crippen LogP contribution in [0, 0.1) is 11.3 Å².